The van der Waals surface area contributed by atoms with Crippen molar-refractivity contribution in [2.45, 2.75) is 5.88 Å². The molecule has 1 aromatic heterocycles. The van der Waals surface area contributed by atoms with Gasteiger partial charge >= 0.3 is 0 Å². The lowest BCUT2D eigenvalue weighted by molar-refractivity contribution is 0.555. The van der Waals surface area contributed by atoms with E-state index in [1.54, 1.807) is 0 Å². The molecule has 0 radical (unpaired) electrons. The van der Waals surface area contributed by atoms with Crippen LogP contribution in [0.4, 0.5) is 5.69 Å². The highest BCUT2D eigenvalue weighted by Gasteiger charge is 2.16. The third kappa shape index (κ3) is 1.98. The molecule has 3 rings (SSSR count). The summed E-state index contributed by atoms with van der Waals surface area (Å²) in [4.78, 5) is 6.78. The SMILES string of the molecule is ClCc1nc2c(N3CCNCC3)cccc2o1. The van der Waals surface area contributed by atoms with Crippen LogP contribution in [-0.4, -0.2) is 31.2 Å². The van der Waals surface area contributed by atoms with Crippen LogP contribution >= 0.6 is 11.6 Å². The van der Waals surface area contributed by atoms with Crippen molar-refractivity contribution in [1.82, 2.24) is 10.3 Å². The summed E-state index contributed by atoms with van der Waals surface area (Å²) in [6, 6.07) is 6.03. The molecule has 1 saturated heterocycles. The fourth-order valence-corrected chi connectivity index (χ4v) is 2.31. The first kappa shape index (κ1) is 10.9. The number of nitrogens with zero attached hydrogens (tertiary/aromatic N) is 2. The van der Waals surface area contributed by atoms with E-state index < -0.39 is 0 Å². The monoisotopic (exact) mass is 251 g/mol. The van der Waals surface area contributed by atoms with E-state index >= 15 is 0 Å². The van der Waals surface area contributed by atoms with Crippen LogP contribution < -0.4 is 10.2 Å². The molecule has 4 nitrogen and oxygen atoms in total. The lowest BCUT2D eigenvalue weighted by Gasteiger charge is -2.29. The number of piperazine rings is 1. The van der Waals surface area contributed by atoms with Gasteiger partial charge in [0.25, 0.3) is 0 Å². The van der Waals surface area contributed by atoms with E-state index in [1.165, 1.54) is 0 Å². The van der Waals surface area contributed by atoms with E-state index in [-0.39, 0.29) is 0 Å². The average molecular weight is 252 g/mol. The van der Waals surface area contributed by atoms with Crippen LogP contribution in [0.2, 0.25) is 0 Å². The lowest BCUT2D eigenvalue weighted by Crippen LogP contribution is -2.43. The van der Waals surface area contributed by atoms with Gasteiger partial charge in [-0.3, -0.25) is 0 Å². The third-order valence-electron chi connectivity index (χ3n) is 3.01. The number of alkyl halides is 1. The van der Waals surface area contributed by atoms with Crippen LogP contribution in [0.5, 0.6) is 0 Å². The zero-order valence-electron chi connectivity index (χ0n) is 9.45. The second kappa shape index (κ2) is 4.55. The Morgan fingerprint density at radius 3 is 2.94 bits per heavy atom. The van der Waals surface area contributed by atoms with Crippen molar-refractivity contribution in [2.24, 2.45) is 0 Å². The predicted molar refractivity (Wildman–Crippen MR) is 68.6 cm³/mol. The number of oxazole rings is 1. The van der Waals surface area contributed by atoms with E-state index in [4.69, 9.17) is 16.0 Å². The summed E-state index contributed by atoms with van der Waals surface area (Å²) < 4.78 is 5.56. The van der Waals surface area contributed by atoms with Crippen molar-refractivity contribution in [3.63, 3.8) is 0 Å². The maximum atomic E-state index is 5.76. The van der Waals surface area contributed by atoms with E-state index in [0.717, 1.165) is 43.0 Å². The largest absolute Gasteiger partial charge is 0.439 e. The van der Waals surface area contributed by atoms with Gasteiger partial charge in [0.15, 0.2) is 5.58 Å². The molecular weight excluding hydrogens is 238 g/mol. The summed E-state index contributed by atoms with van der Waals surface area (Å²) in [5.74, 6) is 0.902. The molecule has 1 aliphatic rings. The van der Waals surface area contributed by atoms with Gasteiger partial charge in [-0.25, -0.2) is 4.98 Å². The Kier molecular flexibility index (Phi) is 2.91. The summed E-state index contributed by atoms with van der Waals surface area (Å²) in [5.41, 5.74) is 2.88. The smallest absolute Gasteiger partial charge is 0.210 e. The van der Waals surface area contributed by atoms with Gasteiger partial charge in [-0.1, -0.05) is 6.07 Å². The Morgan fingerprint density at radius 1 is 1.35 bits per heavy atom. The van der Waals surface area contributed by atoms with Crippen molar-refractivity contribution in [3.8, 4) is 0 Å². The molecule has 0 amide bonds. The van der Waals surface area contributed by atoms with Gasteiger partial charge in [0.2, 0.25) is 5.89 Å². The van der Waals surface area contributed by atoms with Crippen molar-refractivity contribution in [3.05, 3.63) is 24.1 Å². The summed E-state index contributed by atoms with van der Waals surface area (Å²) in [7, 11) is 0. The highest BCUT2D eigenvalue weighted by molar-refractivity contribution is 6.16. The van der Waals surface area contributed by atoms with Gasteiger partial charge in [-0.2, -0.15) is 0 Å². The number of nitrogens with one attached hydrogen (secondary N) is 1. The fraction of sp³-hybridized carbons (Fsp3) is 0.417. The number of halogens is 1. The first-order valence-corrected chi connectivity index (χ1v) is 6.32. The molecule has 1 aliphatic heterocycles. The quantitative estimate of drug-likeness (QED) is 0.829. The first-order valence-electron chi connectivity index (χ1n) is 5.78. The van der Waals surface area contributed by atoms with Crippen LogP contribution in [0, 0.1) is 0 Å². The summed E-state index contributed by atoms with van der Waals surface area (Å²) in [6.07, 6.45) is 0. The minimum Gasteiger partial charge on any atom is -0.439 e. The molecule has 1 N–H and O–H groups in total. The summed E-state index contributed by atoms with van der Waals surface area (Å²) in [5, 5.41) is 3.34. The van der Waals surface area contributed by atoms with Gasteiger partial charge in [0.1, 0.15) is 5.52 Å². The Balaban J connectivity index is 2.05. The molecule has 1 fully saturated rings. The second-order valence-corrected chi connectivity index (χ2v) is 4.37. The van der Waals surface area contributed by atoms with Gasteiger partial charge in [0, 0.05) is 26.2 Å². The summed E-state index contributed by atoms with van der Waals surface area (Å²) in [6.45, 7) is 4.03. The number of benzene rings is 1. The maximum Gasteiger partial charge on any atom is 0.210 e. The number of fused-ring (bicyclic) bond motifs is 1. The minimum absolute atomic E-state index is 0.315. The first-order chi connectivity index (χ1) is 8.38. The molecule has 2 aromatic rings. The molecular formula is C12H14ClN3O. The molecule has 90 valence electrons. The van der Waals surface area contributed by atoms with E-state index in [1.807, 2.05) is 12.1 Å². The lowest BCUT2D eigenvalue weighted by atomic mass is 10.2. The van der Waals surface area contributed by atoms with Crippen LogP contribution in [0.1, 0.15) is 5.89 Å². The van der Waals surface area contributed by atoms with E-state index in [2.05, 4.69) is 21.3 Å². The summed E-state index contributed by atoms with van der Waals surface area (Å²) >= 11 is 5.76. The Morgan fingerprint density at radius 2 is 2.18 bits per heavy atom. The minimum atomic E-state index is 0.315. The van der Waals surface area contributed by atoms with Crippen LogP contribution in [0.15, 0.2) is 22.6 Å². The zero-order valence-corrected chi connectivity index (χ0v) is 10.2. The number of hydrogen-bond acceptors (Lipinski definition) is 4. The van der Waals surface area contributed by atoms with Crippen LogP contribution in [-0.2, 0) is 5.88 Å². The van der Waals surface area contributed by atoms with E-state index in [9.17, 15) is 0 Å². The molecule has 0 aliphatic carbocycles. The van der Waals surface area contributed by atoms with Gasteiger partial charge < -0.3 is 14.6 Å². The van der Waals surface area contributed by atoms with Gasteiger partial charge in [0.05, 0.1) is 11.6 Å². The highest BCUT2D eigenvalue weighted by Crippen LogP contribution is 2.27. The van der Waals surface area contributed by atoms with Crippen molar-refractivity contribution in [2.75, 3.05) is 31.1 Å². The molecule has 5 heteroatoms. The third-order valence-corrected chi connectivity index (χ3v) is 3.24. The van der Waals surface area contributed by atoms with Crippen LogP contribution in [0.25, 0.3) is 11.1 Å². The molecule has 2 heterocycles. The topological polar surface area (TPSA) is 41.3 Å². The molecule has 0 saturated carbocycles. The molecule has 17 heavy (non-hydrogen) atoms. The standard InChI is InChI=1S/C12H14ClN3O/c13-8-11-15-12-9(2-1-3-10(12)17-11)16-6-4-14-5-7-16/h1-3,14H,4-8H2. The molecule has 0 spiro atoms. The van der Waals surface area contributed by atoms with Crippen molar-refractivity contribution >= 4 is 28.4 Å². The van der Waals surface area contributed by atoms with E-state index in [0.29, 0.717) is 11.8 Å². The molecule has 0 atom stereocenters. The normalized spacial score (nSPS) is 16.6. The van der Waals surface area contributed by atoms with Crippen molar-refractivity contribution in [1.29, 1.82) is 0 Å². The Labute approximate surface area is 105 Å². The fourth-order valence-electron chi connectivity index (χ4n) is 2.20. The highest BCUT2D eigenvalue weighted by atomic mass is 35.5. The Hall–Kier alpha value is -1.26. The zero-order chi connectivity index (χ0) is 11.7. The number of hydrogen-bond donors (Lipinski definition) is 1. The second-order valence-electron chi connectivity index (χ2n) is 4.10. The number of anilines is 1. The average Bonchev–Trinajstić information content (AvgIpc) is 2.82. The molecule has 0 unspecified atom stereocenters. The van der Waals surface area contributed by atoms with Crippen LogP contribution in [0.3, 0.4) is 0 Å². The molecule has 0 bridgehead atoms. The maximum absolute atomic E-state index is 5.76. The predicted octanol–water partition coefficient (Wildman–Crippen LogP) is 1.98. The number of aromatic nitrogens is 1. The van der Waals surface area contributed by atoms with Gasteiger partial charge in [-0.05, 0) is 12.1 Å². The Bertz CT molecular complexity index is 519. The number of rotatable bonds is 2. The number of para-hydroxylation sites is 1. The molecule has 1 aromatic carbocycles. The van der Waals surface area contributed by atoms with Crippen molar-refractivity contribution < 1.29 is 4.42 Å². The van der Waals surface area contributed by atoms with Gasteiger partial charge in [-0.15, -0.1) is 11.6 Å².